The number of hydrogen-bond donors (Lipinski definition) is 2. The highest BCUT2D eigenvalue weighted by atomic mass is 15.2. The van der Waals surface area contributed by atoms with Crippen LogP contribution in [0.25, 0.3) is 0 Å². The summed E-state index contributed by atoms with van der Waals surface area (Å²) in [5, 5.41) is 6.74. The van der Waals surface area contributed by atoms with Crippen LogP contribution < -0.4 is 10.6 Å². The van der Waals surface area contributed by atoms with Gasteiger partial charge >= 0.3 is 0 Å². The number of benzene rings is 2. The molecule has 3 rings (SSSR count). The van der Waals surface area contributed by atoms with Gasteiger partial charge in [0, 0.05) is 17.4 Å². The van der Waals surface area contributed by atoms with Crippen molar-refractivity contribution < 1.29 is 0 Å². The number of rotatable bonds is 6. The van der Waals surface area contributed by atoms with Crippen molar-refractivity contribution >= 4 is 17.5 Å². The summed E-state index contributed by atoms with van der Waals surface area (Å²) in [6.07, 6.45) is 1.04. The number of aryl methyl sites for hydroxylation is 2. The van der Waals surface area contributed by atoms with Crippen molar-refractivity contribution in [2.75, 3.05) is 10.6 Å². The highest BCUT2D eigenvalue weighted by Gasteiger charge is 2.08. The van der Waals surface area contributed by atoms with Crippen molar-refractivity contribution in [1.29, 1.82) is 0 Å². The monoisotopic (exact) mass is 332 g/mol. The first kappa shape index (κ1) is 17.0. The van der Waals surface area contributed by atoms with Crippen LogP contribution in [0.5, 0.6) is 0 Å². The van der Waals surface area contributed by atoms with Gasteiger partial charge in [-0.3, -0.25) is 0 Å². The average Bonchev–Trinajstić information content (AvgIpc) is 2.62. The van der Waals surface area contributed by atoms with E-state index in [-0.39, 0.29) is 6.04 Å². The summed E-state index contributed by atoms with van der Waals surface area (Å²) >= 11 is 0. The molecule has 1 atom stereocenters. The van der Waals surface area contributed by atoms with Crippen molar-refractivity contribution in [1.82, 2.24) is 9.97 Å². The molecular formula is C21H24N4. The van der Waals surface area contributed by atoms with Crippen LogP contribution in [0.15, 0.2) is 60.7 Å². The molecule has 1 unspecified atom stereocenters. The van der Waals surface area contributed by atoms with Crippen LogP contribution in [0.4, 0.5) is 17.5 Å². The first-order valence-electron chi connectivity index (χ1n) is 8.67. The fraction of sp³-hybridized carbons (Fsp3) is 0.238. The zero-order valence-corrected chi connectivity index (χ0v) is 15.0. The topological polar surface area (TPSA) is 49.8 Å². The summed E-state index contributed by atoms with van der Waals surface area (Å²) in [5.41, 5.74) is 4.48. The van der Waals surface area contributed by atoms with Gasteiger partial charge in [0.1, 0.15) is 5.82 Å². The van der Waals surface area contributed by atoms with Gasteiger partial charge in [0.05, 0.1) is 6.04 Å². The molecule has 0 saturated heterocycles. The predicted octanol–water partition coefficient (Wildman–Crippen LogP) is 5.26. The smallest absolute Gasteiger partial charge is 0.225 e. The van der Waals surface area contributed by atoms with Crippen LogP contribution in [0, 0.1) is 6.92 Å². The minimum absolute atomic E-state index is 0.139. The van der Waals surface area contributed by atoms with E-state index in [1.165, 1.54) is 11.1 Å². The first-order chi connectivity index (χ1) is 12.1. The van der Waals surface area contributed by atoms with E-state index in [4.69, 9.17) is 0 Å². The normalized spacial score (nSPS) is 11.8. The van der Waals surface area contributed by atoms with Gasteiger partial charge in [-0.05, 0) is 43.5 Å². The van der Waals surface area contributed by atoms with Crippen molar-refractivity contribution in [3.63, 3.8) is 0 Å². The van der Waals surface area contributed by atoms with Crippen LogP contribution in [-0.4, -0.2) is 9.97 Å². The molecule has 0 fully saturated rings. The van der Waals surface area contributed by atoms with Gasteiger partial charge in [0.25, 0.3) is 0 Å². The van der Waals surface area contributed by atoms with Crippen LogP contribution in [0.2, 0.25) is 0 Å². The number of nitrogens with zero attached hydrogens (tertiary/aromatic N) is 2. The Labute approximate surface area is 149 Å². The summed E-state index contributed by atoms with van der Waals surface area (Å²) in [6, 6.07) is 20.8. The van der Waals surface area contributed by atoms with Gasteiger partial charge in [0.15, 0.2) is 0 Å². The molecule has 0 bridgehead atoms. The second kappa shape index (κ2) is 7.79. The minimum Gasteiger partial charge on any atom is -0.348 e. The average molecular weight is 332 g/mol. The fourth-order valence-corrected chi connectivity index (χ4v) is 2.69. The molecular weight excluding hydrogens is 308 g/mol. The molecule has 1 heterocycles. The number of hydrogen-bond acceptors (Lipinski definition) is 4. The number of anilines is 3. The third-order valence-corrected chi connectivity index (χ3v) is 4.13. The number of aromatic nitrogens is 2. The van der Waals surface area contributed by atoms with Gasteiger partial charge in [-0.2, -0.15) is 4.98 Å². The summed E-state index contributed by atoms with van der Waals surface area (Å²) in [7, 11) is 0. The SMILES string of the molecule is CCc1ccc(Nc2cc(C)nc(NC(C)c3ccccc3)n2)cc1. The van der Waals surface area contributed by atoms with E-state index in [1.807, 2.05) is 31.2 Å². The maximum Gasteiger partial charge on any atom is 0.225 e. The highest BCUT2D eigenvalue weighted by Crippen LogP contribution is 2.20. The van der Waals surface area contributed by atoms with E-state index >= 15 is 0 Å². The molecule has 2 N–H and O–H groups in total. The van der Waals surface area contributed by atoms with Gasteiger partial charge < -0.3 is 10.6 Å². The molecule has 25 heavy (non-hydrogen) atoms. The maximum atomic E-state index is 4.60. The molecule has 1 aromatic heterocycles. The Bertz CT molecular complexity index is 813. The zero-order valence-electron chi connectivity index (χ0n) is 15.0. The van der Waals surface area contributed by atoms with Gasteiger partial charge in [-0.25, -0.2) is 4.98 Å². The van der Waals surface area contributed by atoms with Crippen molar-refractivity contribution in [3.8, 4) is 0 Å². The third kappa shape index (κ3) is 4.57. The second-order valence-corrected chi connectivity index (χ2v) is 6.17. The molecule has 0 radical (unpaired) electrons. The van der Waals surface area contributed by atoms with Crippen LogP contribution >= 0.6 is 0 Å². The largest absolute Gasteiger partial charge is 0.348 e. The first-order valence-corrected chi connectivity index (χ1v) is 8.67. The lowest BCUT2D eigenvalue weighted by Gasteiger charge is -2.15. The predicted molar refractivity (Wildman–Crippen MR) is 104 cm³/mol. The Hall–Kier alpha value is -2.88. The Morgan fingerprint density at radius 2 is 1.68 bits per heavy atom. The molecule has 0 aliphatic carbocycles. The van der Waals surface area contributed by atoms with E-state index in [9.17, 15) is 0 Å². The summed E-state index contributed by atoms with van der Waals surface area (Å²) < 4.78 is 0. The molecule has 0 aliphatic rings. The van der Waals surface area contributed by atoms with Gasteiger partial charge in [-0.1, -0.05) is 49.4 Å². The Morgan fingerprint density at radius 1 is 0.960 bits per heavy atom. The van der Waals surface area contributed by atoms with E-state index in [1.54, 1.807) is 0 Å². The number of nitrogens with one attached hydrogen (secondary N) is 2. The van der Waals surface area contributed by atoms with Gasteiger partial charge in [-0.15, -0.1) is 0 Å². The molecule has 0 aliphatic heterocycles. The van der Waals surface area contributed by atoms with Crippen LogP contribution in [-0.2, 0) is 6.42 Å². The van der Waals surface area contributed by atoms with E-state index < -0.39 is 0 Å². The molecule has 0 spiro atoms. The summed E-state index contributed by atoms with van der Waals surface area (Å²) in [6.45, 7) is 6.24. The van der Waals surface area contributed by atoms with E-state index in [2.05, 4.69) is 70.8 Å². The lowest BCUT2D eigenvalue weighted by atomic mass is 10.1. The second-order valence-electron chi connectivity index (χ2n) is 6.17. The third-order valence-electron chi connectivity index (χ3n) is 4.13. The molecule has 128 valence electrons. The van der Waals surface area contributed by atoms with E-state index in [0.717, 1.165) is 23.6 Å². The van der Waals surface area contributed by atoms with Crippen LogP contribution in [0.1, 0.15) is 36.7 Å². The Balaban J connectivity index is 1.75. The Kier molecular flexibility index (Phi) is 5.29. The summed E-state index contributed by atoms with van der Waals surface area (Å²) in [5.74, 6) is 1.42. The zero-order chi connectivity index (χ0) is 17.6. The standard InChI is InChI=1S/C21H24N4/c1-4-17-10-12-19(13-11-17)24-20-14-15(2)22-21(25-20)23-16(3)18-8-6-5-7-9-18/h5-14,16H,4H2,1-3H3,(H2,22,23,24,25). The molecule has 3 aromatic rings. The maximum absolute atomic E-state index is 4.60. The lowest BCUT2D eigenvalue weighted by molar-refractivity contribution is 0.858. The Morgan fingerprint density at radius 3 is 2.36 bits per heavy atom. The fourth-order valence-electron chi connectivity index (χ4n) is 2.69. The molecule has 2 aromatic carbocycles. The van der Waals surface area contributed by atoms with Gasteiger partial charge in [0.2, 0.25) is 5.95 Å². The lowest BCUT2D eigenvalue weighted by Crippen LogP contribution is -2.10. The molecule has 0 saturated carbocycles. The van der Waals surface area contributed by atoms with Crippen molar-refractivity contribution in [3.05, 3.63) is 77.5 Å². The molecule has 4 nitrogen and oxygen atoms in total. The van der Waals surface area contributed by atoms with Crippen molar-refractivity contribution in [2.24, 2.45) is 0 Å². The van der Waals surface area contributed by atoms with Crippen LogP contribution in [0.3, 0.4) is 0 Å². The molecule has 4 heteroatoms. The minimum atomic E-state index is 0.139. The quantitative estimate of drug-likeness (QED) is 0.646. The summed E-state index contributed by atoms with van der Waals surface area (Å²) in [4.78, 5) is 9.11. The highest BCUT2D eigenvalue weighted by molar-refractivity contribution is 5.58. The van der Waals surface area contributed by atoms with E-state index in [0.29, 0.717) is 5.95 Å². The molecule has 0 amide bonds. The van der Waals surface area contributed by atoms with Crippen molar-refractivity contribution in [2.45, 2.75) is 33.2 Å².